The van der Waals surface area contributed by atoms with E-state index in [0.717, 1.165) is 18.4 Å². The Labute approximate surface area is 170 Å². The fourth-order valence-electron chi connectivity index (χ4n) is 2.19. The van der Waals surface area contributed by atoms with E-state index in [1.54, 1.807) is 0 Å². The van der Waals surface area contributed by atoms with Gasteiger partial charge in [-0.15, -0.1) is 0 Å². The van der Waals surface area contributed by atoms with Crippen LogP contribution in [0.5, 0.6) is 5.75 Å². The quantitative estimate of drug-likeness (QED) is 0.338. The lowest BCUT2D eigenvalue weighted by Crippen LogP contribution is -2.50. The highest BCUT2D eigenvalue weighted by atomic mass is 31.2. The van der Waals surface area contributed by atoms with Crippen LogP contribution in [0.25, 0.3) is 0 Å². The first-order valence-electron chi connectivity index (χ1n) is 9.44. The normalized spacial score (nSPS) is 12.6. The van der Waals surface area contributed by atoms with Crippen molar-refractivity contribution in [2.75, 3.05) is 19.8 Å². The van der Waals surface area contributed by atoms with Crippen molar-refractivity contribution in [2.45, 2.75) is 70.8 Å². The molecule has 0 fully saturated rings. The molecule has 164 valence electrons. The number of hydrogen-bond donors (Lipinski definition) is 6. The Morgan fingerprint density at radius 1 is 0.893 bits per heavy atom. The van der Waals surface area contributed by atoms with Gasteiger partial charge in [0.15, 0.2) is 0 Å². The molecule has 0 aliphatic heterocycles. The van der Waals surface area contributed by atoms with Crippen LogP contribution in [0, 0.1) is 0 Å². The molecule has 28 heavy (non-hydrogen) atoms. The Hall–Kier alpha value is -0.790. The van der Waals surface area contributed by atoms with E-state index in [-0.39, 0.29) is 10.8 Å². The fraction of sp³-hybridized carbons (Fsp3) is 0.700. The zero-order valence-electron chi connectivity index (χ0n) is 17.9. The number of aliphatic hydroxyl groups is 3. The predicted octanol–water partition coefficient (Wildman–Crippen LogP) is 2.31. The van der Waals surface area contributed by atoms with E-state index in [1.165, 1.54) is 5.56 Å². The molecule has 0 spiro atoms. The van der Waals surface area contributed by atoms with Crippen LogP contribution >= 0.6 is 8.60 Å². The zero-order chi connectivity index (χ0) is 22.2. The Bertz CT molecular complexity index is 580. The van der Waals surface area contributed by atoms with Crippen LogP contribution in [0.1, 0.15) is 65.5 Å². The summed E-state index contributed by atoms with van der Waals surface area (Å²) in [5.41, 5.74) is 6.26. The Balaban J connectivity index is 0.000000769. The molecule has 7 nitrogen and oxygen atoms in total. The first kappa shape index (κ1) is 27.2. The van der Waals surface area contributed by atoms with Crippen LogP contribution in [-0.2, 0) is 10.8 Å². The second-order valence-corrected chi connectivity index (χ2v) is 9.05. The maximum atomic E-state index is 9.14. The van der Waals surface area contributed by atoms with Crippen LogP contribution in [0.4, 0.5) is 0 Å². The van der Waals surface area contributed by atoms with Gasteiger partial charge in [-0.05, 0) is 35.3 Å². The van der Waals surface area contributed by atoms with E-state index in [4.69, 9.17) is 35.4 Å². The first-order chi connectivity index (χ1) is 12.8. The minimum Gasteiger partial charge on any atom is -0.427 e. The Morgan fingerprint density at radius 3 is 1.68 bits per heavy atom. The Morgan fingerprint density at radius 2 is 1.36 bits per heavy atom. The molecule has 0 saturated carbocycles. The van der Waals surface area contributed by atoms with Crippen molar-refractivity contribution in [1.82, 2.24) is 0 Å². The molecule has 0 aliphatic rings. The van der Waals surface area contributed by atoms with Crippen molar-refractivity contribution in [1.29, 1.82) is 0 Å². The minimum absolute atomic E-state index is 0.0689. The molecule has 0 bridgehead atoms. The van der Waals surface area contributed by atoms with Crippen molar-refractivity contribution >= 4 is 8.60 Å². The number of benzene rings is 1. The van der Waals surface area contributed by atoms with Gasteiger partial charge in [0.25, 0.3) is 0 Å². The fourth-order valence-corrected chi connectivity index (χ4v) is 2.53. The summed E-state index contributed by atoms with van der Waals surface area (Å²) in [6.45, 7) is 11.8. The molecule has 0 aliphatic carbocycles. The van der Waals surface area contributed by atoms with Crippen LogP contribution in [0.3, 0.4) is 0 Å². The van der Waals surface area contributed by atoms with Gasteiger partial charge in [-0.2, -0.15) is 0 Å². The van der Waals surface area contributed by atoms with Gasteiger partial charge in [0, 0.05) is 5.56 Å². The van der Waals surface area contributed by atoms with Gasteiger partial charge in [0.05, 0.1) is 25.4 Å². The average molecular weight is 419 g/mol. The smallest absolute Gasteiger partial charge is 0.391 e. The SMILES string of the molecule is CCC(C)(C)c1ccc(OP(O)O)c(C(C)(C)CC)c1.NC(CO)(CO)CO. The lowest BCUT2D eigenvalue weighted by Gasteiger charge is -2.30. The van der Waals surface area contributed by atoms with E-state index in [2.05, 4.69) is 47.6 Å². The molecule has 1 aromatic rings. The maximum absolute atomic E-state index is 9.14. The van der Waals surface area contributed by atoms with Gasteiger partial charge < -0.3 is 35.4 Å². The van der Waals surface area contributed by atoms with Crippen molar-refractivity contribution in [3.63, 3.8) is 0 Å². The number of aliphatic hydroxyl groups excluding tert-OH is 3. The summed E-state index contributed by atoms with van der Waals surface area (Å²) in [5.74, 6) is 0.573. The largest absolute Gasteiger partial charge is 0.427 e. The van der Waals surface area contributed by atoms with Crippen LogP contribution in [0.15, 0.2) is 18.2 Å². The van der Waals surface area contributed by atoms with Gasteiger partial charge in [0.2, 0.25) is 0 Å². The molecule has 0 radical (unpaired) electrons. The van der Waals surface area contributed by atoms with Gasteiger partial charge in [0.1, 0.15) is 5.75 Å². The van der Waals surface area contributed by atoms with Crippen molar-refractivity contribution in [3.05, 3.63) is 29.3 Å². The molecule has 1 rings (SSSR count). The second-order valence-electron chi connectivity index (χ2n) is 8.37. The van der Waals surface area contributed by atoms with Gasteiger partial charge in [-0.25, -0.2) is 0 Å². The van der Waals surface area contributed by atoms with Crippen LogP contribution in [-0.4, -0.2) is 50.5 Å². The molecule has 0 atom stereocenters. The standard InChI is InChI=1S/C16H27O3P.C4H11NO3/c1-7-15(3,4)12-9-10-14(19-20(17)18)13(11-12)16(5,6)8-2;5-4(1-6,2-7)3-8/h9-11,17-18H,7-8H2,1-6H3;6-8H,1-3,5H2. The summed E-state index contributed by atoms with van der Waals surface area (Å²) < 4.78 is 5.21. The molecule has 0 aromatic heterocycles. The molecule has 0 unspecified atom stereocenters. The van der Waals surface area contributed by atoms with E-state index in [9.17, 15) is 0 Å². The van der Waals surface area contributed by atoms with E-state index >= 15 is 0 Å². The van der Waals surface area contributed by atoms with Gasteiger partial charge in [-0.3, -0.25) is 0 Å². The lowest BCUT2D eigenvalue weighted by molar-refractivity contribution is 0.0697. The molecule has 0 amide bonds. The molecule has 0 saturated heterocycles. The van der Waals surface area contributed by atoms with E-state index < -0.39 is 34.0 Å². The third-order valence-electron chi connectivity index (χ3n) is 5.38. The Kier molecular flexibility index (Phi) is 11.1. The summed E-state index contributed by atoms with van der Waals surface area (Å²) in [6, 6.07) is 6.04. The lowest BCUT2D eigenvalue weighted by atomic mass is 9.76. The number of hydrogen-bond acceptors (Lipinski definition) is 7. The monoisotopic (exact) mass is 419 g/mol. The van der Waals surface area contributed by atoms with Gasteiger partial charge >= 0.3 is 8.60 Å². The summed E-state index contributed by atoms with van der Waals surface area (Å²) >= 11 is 0. The minimum atomic E-state index is -2.39. The third-order valence-corrected chi connectivity index (χ3v) is 5.74. The van der Waals surface area contributed by atoms with E-state index in [1.807, 2.05) is 12.1 Å². The highest BCUT2D eigenvalue weighted by Crippen LogP contribution is 2.41. The summed E-state index contributed by atoms with van der Waals surface area (Å²) in [6.07, 6.45) is 2.00. The zero-order valence-corrected chi connectivity index (χ0v) is 18.8. The maximum Gasteiger partial charge on any atom is 0.391 e. The summed E-state index contributed by atoms with van der Waals surface area (Å²) in [5, 5.41) is 25.0. The predicted molar refractivity (Wildman–Crippen MR) is 113 cm³/mol. The van der Waals surface area contributed by atoms with Crippen LogP contribution in [0.2, 0.25) is 0 Å². The topological polar surface area (TPSA) is 136 Å². The molecule has 1 aromatic carbocycles. The van der Waals surface area contributed by atoms with Crippen molar-refractivity contribution < 1.29 is 29.6 Å². The second kappa shape index (κ2) is 11.4. The highest BCUT2D eigenvalue weighted by Gasteiger charge is 2.27. The number of rotatable bonds is 9. The molecule has 8 heteroatoms. The average Bonchev–Trinajstić information content (AvgIpc) is 2.67. The third kappa shape index (κ3) is 7.91. The van der Waals surface area contributed by atoms with Crippen molar-refractivity contribution in [2.24, 2.45) is 5.73 Å². The molecular weight excluding hydrogens is 381 g/mol. The summed E-state index contributed by atoms with van der Waals surface area (Å²) in [7, 11) is -2.39. The summed E-state index contributed by atoms with van der Waals surface area (Å²) in [4.78, 5) is 18.3. The van der Waals surface area contributed by atoms with Gasteiger partial charge in [-0.1, -0.05) is 53.7 Å². The first-order valence-corrected chi connectivity index (χ1v) is 10.6. The van der Waals surface area contributed by atoms with E-state index in [0.29, 0.717) is 5.75 Å². The van der Waals surface area contributed by atoms with Crippen molar-refractivity contribution in [3.8, 4) is 5.75 Å². The molecule has 7 N–H and O–H groups in total. The number of nitrogens with two attached hydrogens (primary N) is 1. The highest BCUT2D eigenvalue weighted by molar-refractivity contribution is 7.39. The molecule has 0 heterocycles. The van der Waals surface area contributed by atoms with Crippen LogP contribution < -0.4 is 10.3 Å². The molecular formula is C20H38NO6P.